The molecular weight excluding hydrogens is 546 g/mol. The Kier molecular flexibility index (Phi) is 20.9. The van der Waals surface area contributed by atoms with E-state index in [1.54, 1.807) is 7.05 Å². The first-order chi connectivity index (χ1) is 17.5. The number of carbonyl (C=O) groups is 5. The van der Waals surface area contributed by atoms with E-state index >= 15 is 0 Å². The molecule has 1 aromatic carbocycles. The number of aliphatic carboxylic acids is 1. The normalized spacial score (nSPS) is 10.6. The number of carbonyl (C=O) groups excluding carboxylic acids is 5. The Balaban J connectivity index is -0.000000464. The number of isocyanates is 1. The van der Waals surface area contributed by atoms with Crippen LogP contribution >= 0.6 is 12.2 Å². The minimum Gasteiger partial charge on any atom is -0.481 e. The molecule has 0 bridgehead atoms. The minimum absolute atomic E-state index is 0.131. The molecule has 0 aliphatic carbocycles. The molecule has 0 aromatic heterocycles. The van der Waals surface area contributed by atoms with E-state index in [9.17, 15) is 36.7 Å². The topological polar surface area (TPSA) is 169 Å². The van der Waals surface area contributed by atoms with E-state index in [2.05, 4.69) is 36.9 Å². The van der Waals surface area contributed by atoms with Gasteiger partial charge in [0.1, 0.15) is 0 Å². The fourth-order valence-electron chi connectivity index (χ4n) is 1.74. The van der Waals surface area contributed by atoms with Gasteiger partial charge in [-0.2, -0.15) is 8.78 Å². The number of hydrogen-bond acceptors (Lipinski definition) is 11. The summed E-state index contributed by atoms with van der Waals surface area (Å²) >= 11 is 4.14. The molecule has 1 aromatic rings. The number of ether oxygens (including phenoxy) is 1. The zero-order chi connectivity index (χ0) is 30.6. The van der Waals surface area contributed by atoms with Crippen LogP contribution in [0, 0.1) is 30.2 Å². The number of benzene rings is 1. The Hall–Kier alpha value is -4.33. The van der Waals surface area contributed by atoms with Crippen LogP contribution in [0.5, 0.6) is 5.75 Å². The zero-order valence-electron chi connectivity index (χ0n) is 20.9. The highest BCUT2D eigenvalue weighted by atomic mass is 32.1. The first-order valence-electron chi connectivity index (χ1n) is 9.70. The summed E-state index contributed by atoms with van der Waals surface area (Å²) in [6, 6.07) is 0. The minimum atomic E-state index is -1.72. The Morgan fingerprint density at radius 2 is 1.24 bits per heavy atom. The number of isothiocyanates is 1. The number of rotatable bonds is 2. The molecule has 210 valence electrons. The molecular formula is C21H23F4N3O9S. The second kappa shape index (κ2) is 20.8. The quantitative estimate of drug-likeness (QED) is 0.0817. The van der Waals surface area contributed by atoms with Crippen LogP contribution in [0.3, 0.4) is 0 Å². The van der Waals surface area contributed by atoms with Gasteiger partial charge in [-0.15, -0.1) is 5.06 Å². The average molecular weight is 569 g/mol. The van der Waals surface area contributed by atoms with Crippen molar-refractivity contribution in [1.82, 2.24) is 5.06 Å². The van der Waals surface area contributed by atoms with Crippen LogP contribution in [-0.4, -0.2) is 65.2 Å². The van der Waals surface area contributed by atoms with E-state index in [1.165, 1.54) is 13.1 Å². The summed E-state index contributed by atoms with van der Waals surface area (Å²) < 4.78 is 55.9. The highest BCUT2D eigenvalue weighted by Gasteiger charge is 2.31. The van der Waals surface area contributed by atoms with Crippen molar-refractivity contribution in [2.24, 2.45) is 9.98 Å². The maximum atomic E-state index is 13.0. The first-order valence-corrected chi connectivity index (χ1v) is 10.1. The molecule has 1 N–H and O–H groups in total. The van der Waals surface area contributed by atoms with Crippen molar-refractivity contribution in [2.45, 2.75) is 40.5 Å². The predicted octanol–water partition coefficient (Wildman–Crippen LogP) is 2.85. The second-order valence-electron chi connectivity index (χ2n) is 6.12. The van der Waals surface area contributed by atoms with E-state index in [0.29, 0.717) is 5.06 Å². The number of carboxylic acid groups (broad SMARTS) is 1. The van der Waals surface area contributed by atoms with Gasteiger partial charge in [0.25, 0.3) is 17.8 Å². The van der Waals surface area contributed by atoms with E-state index < -0.39 is 64.3 Å². The van der Waals surface area contributed by atoms with Gasteiger partial charge in [-0.3, -0.25) is 19.2 Å². The SMILES string of the molecule is CC(=O)O.CC(=O)ON1C(=O)CCC1=O.CC(=O)Oc1c(F)c(F)c(C)c(F)c1F.CN=C=O.CN=C=S. The Morgan fingerprint density at radius 1 is 0.895 bits per heavy atom. The molecule has 1 saturated heterocycles. The number of carboxylic acids is 1. The Labute approximate surface area is 218 Å². The van der Waals surface area contributed by atoms with Gasteiger partial charge in [-0.25, -0.2) is 28.4 Å². The predicted molar refractivity (Wildman–Crippen MR) is 123 cm³/mol. The largest absolute Gasteiger partial charge is 0.481 e. The summed E-state index contributed by atoms with van der Waals surface area (Å²) in [5.74, 6) is -11.4. The van der Waals surface area contributed by atoms with Gasteiger partial charge in [0, 0.05) is 53.3 Å². The van der Waals surface area contributed by atoms with Crippen LogP contribution < -0.4 is 4.74 Å². The molecule has 1 fully saturated rings. The van der Waals surface area contributed by atoms with Crippen molar-refractivity contribution >= 4 is 53.2 Å². The number of esters is 1. The molecule has 1 aliphatic heterocycles. The van der Waals surface area contributed by atoms with Crippen LogP contribution in [0.2, 0.25) is 0 Å². The lowest BCUT2D eigenvalue weighted by Crippen LogP contribution is -2.30. The van der Waals surface area contributed by atoms with Gasteiger partial charge >= 0.3 is 11.9 Å². The fourth-order valence-corrected chi connectivity index (χ4v) is 1.74. The molecule has 38 heavy (non-hydrogen) atoms. The lowest BCUT2D eigenvalue weighted by Gasteiger charge is -2.09. The van der Waals surface area contributed by atoms with Crippen molar-refractivity contribution in [3.63, 3.8) is 0 Å². The van der Waals surface area contributed by atoms with Crippen LogP contribution in [-0.2, 0) is 33.6 Å². The van der Waals surface area contributed by atoms with Gasteiger partial charge in [0.05, 0.1) is 5.16 Å². The second-order valence-corrected chi connectivity index (χ2v) is 6.30. The fraction of sp³-hybridized carbons (Fsp3) is 0.381. The van der Waals surface area contributed by atoms with Gasteiger partial charge in [-0.05, 0) is 19.1 Å². The molecule has 2 rings (SSSR count). The van der Waals surface area contributed by atoms with Crippen molar-refractivity contribution in [1.29, 1.82) is 0 Å². The maximum Gasteiger partial charge on any atom is 0.330 e. The summed E-state index contributed by atoms with van der Waals surface area (Å²) in [5.41, 5.74) is -0.805. The van der Waals surface area contributed by atoms with Gasteiger partial charge < -0.3 is 14.7 Å². The standard InChI is InChI=1S/C9H6F4O2.C6H7NO4.C2H3NO.C2H3NS.C2H4O2/c1-3-5(10)7(12)9(15-4(2)14)8(13)6(3)11;1-4(8)11-7-5(9)2-3-6(7)10;2*1-3-2-4;1-2(3)4/h1-2H3;2-3H2,1H3;2*1H3;1H3,(H,3,4). The van der Waals surface area contributed by atoms with E-state index in [0.717, 1.165) is 27.7 Å². The van der Waals surface area contributed by atoms with Gasteiger partial charge in [0.2, 0.25) is 23.5 Å². The number of hydroxylamine groups is 2. The number of aliphatic imine (C=N–C) groups is 2. The van der Waals surface area contributed by atoms with Crippen LogP contribution in [0.25, 0.3) is 0 Å². The number of hydrogen-bond donors (Lipinski definition) is 1. The number of nitrogens with zero attached hydrogens (tertiary/aromatic N) is 3. The summed E-state index contributed by atoms with van der Waals surface area (Å²) in [6.45, 7) is 3.95. The molecule has 0 unspecified atom stereocenters. The third-order valence-electron chi connectivity index (χ3n) is 3.10. The molecule has 17 heteroatoms. The molecule has 0 spiro atoms. The average Bonchev–Trinajstić information content (AvgIpc) is 3.16. The molecule has 0 radical (unpaired) electrons. The summed E-state index contributed by atoms with van der Waals surface area (Å²) in [7, 11) is 2.97. The Bertz CT molecular complexity index is 1050. The molecule has 0 atom stereocenters. The lowest BCUT2D eigenvalue weighted by atomic mass is 10.2. The van der Waals surface area contributed by atoms with Gasteiger partial charge in [0.15, 0.2) is 11.6 Å². The van der Waals surface area contributed by atoms with Gasteiger partial charge in [-0.1, -0.05) is 0 Å². The first kappa shape index (κ1) is 38.2. The third kappa shape index (κ3) is 16.4. The molecule has 12 nitrogen and oxygen atoms in total. The van der Waals surface area contributed by atoms with Crippen molar-refractivity contribution < 1.29 is 61.0 Å². The number of thiocarbonyl (C=S) groups is 1. The monoisotopic (exact) mass is 569 g/mol. The van der Waals surface area contributed by atoms with E-state index in [4.69, 9.17) is 14.7 Å². The lowest BCUT2D eigenvalue weighted by molar-refractivity contribution is -0.195. The zero-order valence-corrected chi connectivity index (χ0v) is 21.7. The number of halogens is 4. The van der Waals surface area contributed by atoms with Crippen molar-refractivity contribution in [2.75, 3.05) is 14.1 Å². The molecule has 0 saturated carbocycles. The highest BCUT2D eigenvalue weighted by molar-refractivity contribution is 7.78. The van der Waals surface area contributed by atoms with Crippen molar-refractivity contribution in [3.05, 3.63) is 28.8 Å². The van der Waals surface area contributed by atoms with Crippen molar-refractivity contribution in [3.8, 4) is 5.75 Å². The summed E-state index contributed by atoms with van der Waals surface area (Å²) in [6.07, 6.45) is 1.57. The summed E-state index contributed by atoms with van der Waals surface area (Å²) in [4.78, 5) is 70.7. The molecule has 1 heterocycles. The van der Waals surface area contributed by atoms with E-state index in [-0.39, 0.29) is 12.8 Å². The summed E-state index contributed by atoms with van der Waals surface area (Å²) in [5, 5.41) is 10.1. The highest BCUT2D eigenvalue weighted by Crippen LogP contribution is 2.29. The number of amides is 2. The smallest absolute Gasteiger partial charge is 0.330 e. The Morgan fingerprint density at radius 3 is 1.47 bits per heavy atom. The van der Waals surface area contributed by atoms with Crippen LogP contribution in [0.4, 0.5) is 17.6 Å². The molecule has 1 aliphatic rings. The molecule has 2 amide bonds. The van der Waals surface area contributed by atoms with Crippen LogP contribution in [0.1, 0.15) is 39.2 Å². The van der Waals surface area contributed by atoms with Crippen LogP contribution in [0.15, 0.2) is 9.98 Å². The third-order valence-corrected chi connectivity index (χ3v) is 3.28. The van der Waals surface area contributed by atoms with E-state index in [1.807, 2.05) is 0 Å². The number of imide groups is 1. The maximum absolute atomic E-state index is 13.0.